The summed E-state index contributed by atoms with van der Waals surface area (Å²) >= 11 is 0. The van der Waals surface area contributed by atoms with E-state index in [1.807, 2.05) is 5.43 Å². The van der Waals surface area contributed by atoms with Gasteiger partial charge < -0.3 is 10.6 Å². The molecule has 0 unspecified atom stereocenters. The summed E-state index contributed by atoms with van der Waals surface area (Å²) in [6, 6.07) is 2.13. The zero-order valence-corrected chi connectivity index (χ0v) is 12.8. The van der Waals surface area contributed by atoms with Gasteiger partial charge in [-0.1, -0.05) is 13.0 Å². The lowest BCUT2D eigenvalue weighted by Crippen LogP contribution is -2.49. The van der Waals surface area contributed by atoms with E-state index in [2.05, 4.69) is 10.6 Å². The van der Waals surface area contributed by atoms with E-state index < -0.39 is 35.2 Å². The van der Waals surface area contributed by atoms with E-state index in [9.17, 15) is 27.6 Å². The summed E-state index contributed by atoms with van der Waals surface area (Å²) < 4.78 is 37.9. The first-order chi connectivity index (χ1) is 11.1. The molecule has 2 rings (SSSR count). The highest BCUT2D eigenvalue weighted by Gasteiger charge is 2.47. The van der Waals surface area contributed by atoms with Crippen LogP contribution < -0.4 is 16.1 Å². The molecule has 1 saturated heterocycles. The Morgan fingerprint density at radius 3 is 2.54 bits per heavy atom. The SMILES string of the molecule is CC[C@]1(C)NC(=O)N(NC(=O)Nc2cccc(C(F)(F)F)c2)C1=O. The molecule has 10 heteroatoms. The van der Waals surface area contributed by atoms with Crippen molar-refractivity contribution in [1.29, 1.82) is 0 Å². The van der Waals surface area contributed by atoms with Crippen molar-refractivity contribution in [3.63, 3.8) is 0 Å². The van der Waals surface area contributed by atoms with Gasteiger partial charge in [0.1, 0.15) is 5.54 Å². The molecule has 0 aliphatic carbocycles. The molecule has 0 bridgehead atoms. The topological polar surface area (TPSA) is 90.5 Å². The van der Waals surface area contributed by atoms with Gasteiger partial charge in [-0.3, -0.25) is 4.79 Å². The lowest BCUT2D eigenvalue weighted by Gasteiger charge is -2.19. The quantitative estimate of drug-likeness (QED) is 0.736. The summed E-state index contributed by atoms with van der Waals surface area (Å²) in [5.74, 6) is -0.658. The van der Waals surface area contributed by atoms with Crippen molar-refractivity contribution in [2.24, 2.45) is 0 Å². The number of imide groups is 1. The zero-order valence-electron chi connectivity index (χ0n) is 12.8. The average Bonchev–Trinajstić information content (AvgIpc) is 2.71. The number of hydrazine groups is 1. The van der Waals surface area contributed by atoms with Gasteiger partial charge in [0.25, 0.3) is 5.91 Å². The molecule has 1 fully saturated rings. The molecule has 24 heavy (non-hydrogen) atoms. The predicted molar refractivity (Wildman–Crippen MR) is 77.7 cm³/mol. The van der Waals surface area contributed by atoms with Gasteiger partial charge in [0.05, 0.1) is 5.56 Å². The number of halogens is 3. The molecule has 1 aliphatic heterocycles. The van der Waals surface area contributed by atoms with Crippen LogP contribution in [0.4, 0.5) is 28.4 Å². The molecule has 0 aromatic heterocycles. The molecular formula is C14H15F3N4O3. The second kappa shape index (κ2) is 6.02. The molecule has 0 saturated carbocycles. The van der Waals surface area contributed by atoms with Crippen LogP contribution in [0.25, 0.3) is 0 Å². The van der Waals surface area contributed by atoms with Crippen LogP contribution in [-0.4, -0.2) is 28.5 Å². The molecule has 1 heterocycles. The first-order valence-electron chi connectivity index (χ1n) is 6.98. The lowest BCUT2D eigenvalue weighted by molar-refractivity contribution is -0.137. The normalized spacial score (nSPS) is 20.8. The van der Waals surface area contributed by atoms with Crippen LogP contribution in [0.2, 0.25) is 0 Å². The van der Waals surface area contributed by atoms with Gasteiger partial charge in [0, 0.05) is 5.69 Å². The summed E-state index contributed by atoms with van der Waals surface area (Å²) in [7, 11) is 0. The zero-order chi connectivity index (χ0) is 18.1. The third-order valence-electron chi connectivity index (χ3n) is 3.63. The van der Waals surface area contributed by atoms with Crippen LogP contribution in [0.5, 0.6) is 0 Å². The Morgan fingerprint density at radius 1 is 1.33 bits per heavy atom. The average molecular weight is 344 g/mol. The molecule has 5 amide bonds. The highest BCUT2D eigenvalue weighted by molar-refractivity contribution is 6.08. The minimum Gasteiger partial charge on any atom is -0.322 e. The molecule has 1 aromatic carbocycles. The number of nitrogens with zero attached hydrogens (tertiary/aromatic N) is 1. The second-order valence-corrected chi connectivity index (χ2v) is 5.40. The summed E-state index contributed by atoms with van der Waals surface area (Å²) in [6.07, 6.45) is -4.24. The molecule has 0 radical (unpaired) electrons. The Bertz CT molecular complexity index is 692. The van der Waals surface area contributed by atoms with E-state index in [0.717, 1.165) is 18.2 Å². The maximum absolute atomic E-state index is 12.6. The Kier molecular flexibility index (Phi) is 4.41. The Labute approximate surface area is 135 Å². The van der Waals surface area contributed by atoms with Crippen LogP contribution in [-0.2, 0) is 11.0 Å². The third kappa shape index (κ3) is 3.42. The number of alkyl halides is 3. The number of benzene rings is 1. The van der Waals surface area contributed by atoms with Crippen molar-refractivity contribution in [3.05, 3.63) is 29.8 Å². The van der Waals surface area contributed by atoms with Crippen LogP contribution in [0.15, 0.2) is 24.3 Å². The predicted octanol–water partition coefficient (Wildman–Crippen LogP) is 2.46. The standard InChI is InChI=1S/C14H15F3N4O3/c1-3-13(2)10(22)21(12(24)19-13)20-11(23)18-9-6-4-5-8(7-9)14(15,16)17/h4-7H,3H2,1-2H3,(H,19,24)(H2,18,20,23)/t13-/m0/s1. The van der Waals surface area contributed by atoms with Crippen molar-refractivity contribution >= 4 is 23.7 Å². The number of carbonyl (C=O) groups is 3. The Balaban J connectivity index is 2.07. The summed E-state index contributed by atoms with van der Waals surface area (Å²) in [6.45, 7) is 3.18. The number of nitrogens with one attached hydrogen (secondary N) is 3. The molecule has 130 valence electrons. The van der Waals surface area contributed by atoms with Gasteiger partial charge in [0.15, 0.2) is 0 Å². The molecule has 1 aliphatic rings. The van der Waals surface area contributed by atoms with Crippen LogP contribution in [0.3, 0.4) is 0 Å². The molecule has 3 N–H and O–H groups in total. The van der Waals surface area contributed by atoms with Crippen molar-refractivity contribution in [3.8, 4) is 0 Å². The minimum absolute atomic E-state index is 0.132. The maximum atomic E-state index is 12.6. The number of amides is 5. The number of hydrogen-bond acceptors (Lipinski definition) is 3. The molecule has 1 atom stereocenters. The molecular weight excluding hydrogens is 329 g/mol. The van der Waals surface area contributed by atoms with Crippen molar-refractivity contribution < 1.29 is 27.6 Å². The van der Waals surface area contributed by atoms with Gasteiger partial charge in [-0.2, -0.15) is 18.2 Å². The molecule has 1 aromatic rings. The smallest absolute Gasteiger partial charge is 0.322 e. The van der Waals surface area contributed by atoms with Gasteiger partial charge in [-0.15, -0.1) is 0 Å². The Hall–Kier alpha value is -2.78. The number of urea groups is 2. The lowest BCUT2D eigenvalue weighted by atomic mass is 10.00. The van der Waals surface area contributed by atoms with E-state index in [1.54, 1.807) is 6.92 Å². The third-order valence-corrected chi connectivity index (χ3v) is 3.63. The van der Waals surface area contributed by atoms with Gasteiger partial charge >= 0.3 is 18.2 Å². The fourth-order valence-corrected chi connectivity index (χ4v) is 2.06. The summed E-state index contributed by atoms with van der Waals surface area (Å²) in [5.41, 5.74) is -0.191. The summed E-state index contributed by atoms with van der Waals surface area (Å²) in [4.78, 5) is 35.7. The largest absolute Gasteiger partial charge is 0.416 e. The maximum Gasteiger partial charge on any atom is 0.416 e. The highest BCUT2D eigenvalue weighted by Crippen LogP contribution is 2.30. The van der Waals surface area contributed by atoms with Crippen molar-refractivity contribution in [2.75, 3.05) is 5.32 Å². The van der Waals surface area contributed by atoms with E-state index in [4.69, 9.17) is 0 Å². The number of anilines is 1. The highest BCUT2D eigenvalue weighted by atomic mass is 19.4. The van der Waals surface area contributed by atoms with E-state index in [1.165, 1.54) is 13.0 Å². The second-order valence-electron chi connectivity index (χ2n) is 5.40. The Morgan fingerprint density at radius 2 is 2.00 bits per heavy atom. The van der Waals surface area contributed by atoms with E-state index >= 15 is 0 Å². The van der Waals surface area contributed by atoms with Crippen LogP contribution >= 0.6 is 0 Å². The molecule has 0 spiro atoms. The number of rotatable bonds is 3. The van der Waals surface area contributed by atoms with E-state index in [0.29, 0.717) is 11.4 Å². The molecule has 7 nitrogen and oxygen atoms in total. The minimum atomic E-state index is -4.55. The van der Waals surface area contributed by atoms with Gasteiger partial charge in [-0.25, -0.2) is 15.0 Å². The first kappa shape index (κ1) is 17.6. The number of hydrogen-bond donors (Lipinski definition) is 3. The van der Waals surface area contributed by atoms with Crippen LogP contribution in [0, 0.1) is 0 Å². The van der Waals surface area contributed by atoms with E-state index in [-0.39, 0.29) is 5.69 Å². The van der Waals surface area contributed by atoms with Crippen LogP contribution in [0.1, 0.15) is 25.8 Å². The number of carbonyl (C=O) groups excluding carboxylic acids is 3. The fourth-order valence-electron chi connectivity index (χ4n) is 2.06. The monoisotopic (exact) mass is 344 g/mol. The van der Waals surface area contributed by atoms with Crippen molar-refractivity contribution in [1.82, 2.24) is 15.8 Å². The van der Waals surface area contributed by atoms with Crippen molar-refractivity contribution in [2.45, 2.75) is 32.0 Å². The summed E-state index contributed by atoms with van der Waals surface area (Å²) in [5, 5.41) is 5.06. The van der Waals surface area contributed by atoms with Gasteiger partial charge in [0.2, 0.25) is 0 Å². The first-order valence-corrected chi connectivity index (χ1v) is 6.98. The fraction of sp³-hybridized carbons (Fsp3) is 0.357. The van der Waals surface area contributed by atoms with Gasteiger partial charge in [-0.05, 0) is 31.5 Å².